The van der Waals surface area contributed by atoms with Crippen LogP contribution in [0.2, 0.25) is 5.02 Å². The molecule has 3 aromatic rings. The van der Waals surface area contributed by atoms with Crippen molar-refractivity contribution in [2.45, 2.75) is 57.7 Å². The standard InChI is InChI=1S/C23H25ClN4O.ClH/c1-15-4-2-3-5-21(15)29-19-9-6-16(7-10-19)23-27-26-22-14-25-13-17-12-18(24)8-11-20(17)28(22)23;/h2-5,8,11-12,16,19,25H,6-7,9-10,13-14H2,1H3;1H. The highest BCUT2D eigenvalue weighted by Gasteiger charge is 2.30. The van der Waals surface area contributed by atoms with Gasteiger partial charge in [-0.3, -0.25) is 4.57 Å². The second kappa shape index (κ2) is 8.96. The van der Waals surface area contributed by atoms with Crippen LogP contribution in [-0.4, -0.2) is 20.9 Å². The molecule has 30 heavy (non-hydrogen) atoms. The third-order valence-corrected chi connectivity index (χ3v) is 6.30. The van der Waals surface area contributed by atoms with Gasteiger partial charge in [0, 0.05) is 17.5 Å². The van der Waals surface area contributed by atoms with E-state index in [2.05, 4.69) is 51.3 Å². The van der Waals surface area contributed by atoms with Crippen LogP contribution in [0, 0.1) is 6.92 Å². The van der Waals surface area contributed by atoms with Crippen molar-refractivity contribution in [1.29, 1.82) is 0 Å². The fraction of sp³-hybridized carbons (Fsp3) is 0.391. The fourth-order valence-corrected chi connectivity index (χ4v) is 4.70. The van der Waals surface area contributed by atoms with Gasteiger partial charge < -0.3 is 10.1 Å². The number of nitrogens with zero attached hydrogens (tertiary/aromatic N) is 3. The molecule has 1 aromatic heterocycles. The van der Waals surface area contributed by atoms with Gasteiger partial charge in [0.05, 0.1) is 18.3 Å². The van der Waals surface area contributed by atoms with E-state index in [-0.39, 0.29) is 18.5 Å². The second-order valence-corrected chi connectivity index (χ2v) is 8.48. The zero-order valence-corrected chi connectivity index (χ0v) is 18.5. The van der Waals surface area contributed by atoms with E-state index < -0.39 is 0 Å². The quantitative estimate of drug-likeness (QED) is 0.590. The lowest BCUT2D eigenvalue weighted by atomic mass is 9.86. The molecule has 0 amide bonds. The molecule has 0 atom stereocenters. The number of rotatable bonds is 3. The first-order valence-electron chi connectivity index (χ1n) is 10.3. The SMILES string of the molecule is Cc1ccccc1OC1CCC(c2nnc3n2-c2ccc(Cl)cc2CNC3)CC1.Cl. The van der Waals surface area contributed by atoms with E-state index in [4.69, 9.17) is 16.3 Å². The molecular weight excluding hydrogens is 419 g/mol. The Morgan fingerprint density at radius 2 is 1.83 bits per heavy atom. The fourth-order valence-electron chi connectivity index (χ4n) is 4.50. The lowest BCUT2D eigenvalue weighted by Crippen LogP contribution is -2.25. The van der Waals surface area contributed by atoms with Crippen LogP contribution in [0.25, 0.3) is 5.69 Å². The van der Waals surface area contributed by atoms with Gasteiger partial charge in [-0.25, -0.2) is 0 Å². The summed E-state index contributed by atoms with van der Waals surface area (Å²) < 4.78 is 8.54. The Balaban J connectivity index is 0.00000218. The van der Waals surface area contributed by atoms with Crippen molar-refractivity contribution < 1.29 is 4.74 Å². The zero-order valence-electron chi connectivity index (χ0n) is 17.0. The normalized spacial score (nSPS) is 20.5. The van der Waals surface area contributed by atoms with Gasteiger partial charge in [-0.05, 0) is 68.0 Å². The maximum atomic E-state index is 6.29. The van der Waals surface area contributed by atoms with E-state index in [1.807, 2.05) is 18.2 Å². The molecule has 0 radical (unpaired) electrons. The monoisotopic (exact) mass is 444 g/mol. The van der Waals surface area contributed by atoms with Crippen molar-refractivity contribution in [3.63, 3.8) is 0 Å². The highest BCUT2D eigenvalue weighted by molar-refractivity contribution is 6.30. The first-order chi connectivity index (χ1) is 14.2. The summed E-state index contributed by atoms with van der Waals surface area (Å²) in [6.07, 6.45) is 4.46. The van der Waals surface area contributed by atoms with E-state index in [0.29, 0.717) is 12.5 Å². The molecule has 2 aliphatic rings. The number of halogens is 2. The molecule has 158 valence electrons. The topological polar surface area (TPSA) is 52.0 Å². The Bertz CT molecular complexity index is 1030. The molecular formula is C23H26Cl2N4O. The molecule has 0 bridgehead atoms. The zero-order chi connectivity index (χ0) is 19.8. The van der Waals surface area contributed by atoms with Gasteiger partial charge in [-0.15, -0.1) is 22.6 Å². The molecule has 2 heterocycles. The summed E-state index contributed by atoms with van der Waals surface area (Å²) in [5, 5.41) is 13.3. The maximum Gasteiger partial charge on any atom is 0.151 e. The number of hydrogen-bond donors (Lipinski definition) is 1. The van der Waals surface area contributed by atoms with Crippen LogP contribution in [0.4, 0.5) is 0 Å². The average molecular weight is 445 g/mol. The van der Waals surface area contributed by atoms with E-state index >= 15 is 0 Å². The number of hydrogen-bond acceptors (Lipinski definition) is 4. The van der Waals surface area contributed by atoms with Crippen molar-refractivity contribution in [1.82, 2.24) is 20.1 Å². The van der Waals surface area contributed by atoms with Crippen LogP contribution in [0.15, 0.2) is 42.5 Å². The van der Waals surface area contributed by atoms with E-state index in [0.717, 1.165) is 60.3 Å². The van der Waals surface area contributed by atoms with Crippen molar-refractivity contribution in [3.05, 3.63) is 70.3 Å². The van der Waals surface area contributed by atoms with Gasteiger partial charge in [0.25, 0.3) is 0 Å². The number of ether oxygens (including phenoxy) is 1. The minimum atomic E-state index is 0. The smallest absolute Gasteiger partial charge is 0.151 e. The van der Waals surface area contributed by atoms with Crippen molar-refractivity contribution in [2.75, 3.05) is 0 Å². The first kappa shape index (κ1) is 21.2. The molecule has 1 N–H and O–H groups in total. The number of para-hydroxylation sites is 1. The Hall–Kier alpha value is -2.08. The molecule has 1 fully saturated rings. The third kappa shape index (κ3) is 4.07. The molecule has 1 aliphatic heterocycles. The number of benzene rings is 2. The van der Waals surface area contributed by atoms with Gasteiger partial charge >= 0.3 is 0 Å². The second-order valence-electron chi connectivity index (χ2n) is 8.04. The number of aromatic nitrogens is 3. The number of nitrogens with one attached hydrogen (secondary N) is 1. The van der Waals surface area contributed by atoms with Crippen LogP contribution >= 0.6 is 24.0 Å². The molecule has 5 rings (SSSR count). The highest BCUT2D eigenvalue weighted by Crippen LogP contribution is 2.36. The number of aryl methyl sites for hydroxylation is 1. The Morgan fingerprint density at radius 3 is 2.63 bits per heavy atom. The highest BCUT2D eigenvalue weighted by atomic mass is 35.5. The lowest BCUT2D eigenvalue weighted by Gasteiger charge is -2.29. The summed E-state index contributed by atoms with van der Waals surface area (Å²) >= 11 is 6.23. The molecule has 0 unspecified atom stereocenters. The largest absolute Gasteiger partial charge is 0.490 e. The van der Waals surface area contributed by atoms with Crippen LogP contribution in [0.5, 0.6) is 5.75 Å². The van der Waals surface area contributed by atoms with Crippen molar-refractivity contribution in [2.24, 2.45) is 0 Å². The van der Waals surface area contributed by atoms with Gasteiger partial charge in [-0.2, -0.15) is 0 Å². The molecule has 0 saturated heterocycles. The molecule has 1 aliphatic carbocycles. The summed E-state index contributed by atoms with van der Waals surface area (Å²) in [4.78, 5) is 0. The van der Waals surface area contributed by atoms with Crippen LogP contribution < -0.4 is 10.1 Å². The predicted octanol–water partition coefficient (Wildman–Crippen LogP) is 5.36. The van der Waals surface area contributed by atoms with Gasteiger partial charge in [-0.1, -0.05) is 29.8 Å². The minimum absolute atomic E-state index is 0. The molecule has 0 spiro atoms. The molecule has 5 nitrogen and oxygen atoms in total. The molecule has 2 aromatic carbocycles. The summed E-state index contributed by atoms with van der Waals surface area (Å²) in [5.74, 6) is 3.44. The van der Waals surface area contributed by atoms with E-state index in [9.17, 15) is 0 Å². The van der Waals surface area contributed by atoms with Crippen molar-refractivity contribution >= 4 is 24.0 Å². The van der Waals surface area contributed by atoms with Gasteiger partial charge in [0.2, 0.25) is 0 Å². The molecule has 1 saturated carbocycles. The minimum Gasteiger partial charge on any atom is -0.490 e. The van der Waals surface area contributed by atoms with Crippen LogP contribution in [0.1, 0.15) is 54.4 Å². The Morgan fingerprint density at radius 1 is 1.03 bits per heavy atom. The maximum absolute atomic E-state index is 6.29. The lowest BCUT2D eigenvalue weighted by molar-refractivity contribution is 0.143. The molecule has 7 heteroatoms. The predicted molar refractivity (Wildman–Crippen MR) is 121 cm³/mol. The Labute approximate surface area is 188 Å². The van der Waals surface area contributed by atoms with Crippen LogP contribution in [-0.2, 0) is 13.1 Å². The van der Waals surface area contributed by atoms with Crippen molar-refractivity contribution in [3.8, 4) is 11.4 Å². The Kier molecular flexibility index (Phi) is 6.32. The first-order valence-corrected chi connectivity index (χ1v) is 10.7. The van der Waals surface area contributed by atoms with Crippen LogP contribution in [0.3, 0.4) is 0 Å². The summed E-state index contributed by atoms with van der Waals surface area (Å²) in [5.41, 5.74) is 3.53. The van der Waals surface area contributed by atoms with Gasteiger partial charge in [0.1, 0.15) is 11.6 Å². The summed E-state index contributed by atoms with van der Waals surface area (Å²) in [6, 6.07) is 14.3. The summed E-state index contributed by atoms with van der Waals surface area (Å²) in [7, 11) is 0. The third-order valence-electron chi connectivity index (χ3n) is 6.06. The van der Waals surface area contributed by atoms with Gasteiger partial charge in [0.15, 0.2) is 5.82 Å². The average Bonchev–Trinajstić information content (AvgIpc) is 3.06. The van der Waals surface area contributed by atoms with E-state index in [1.165, 1.54) is 11.1 Å². The van der Waals surface area contributed by atoms with E-state index in [1.54, 1.807) is 0 Å². The number of fused-ring (bicyclic) bond motifs is 3. The summed E-state index contributed by atoms with van der Waals surface area (Å²) in [6.45, 7) is 3.60.